The van der Waals surface area contributed by atoms with Gasteiger partial charge in [-0.2, -0.15) is 0 Å². The lowest BCUT2D eigenvalue weighted by atomic mass is 10.1. The summed E-state index contributed by atoms with van der Waals surface area (Å²) in [4.78, 5) is 12.6. The summed E-state index contributed by atoms with van der Waals surface area (Å²) in [5.41, 5.74) is 0.576. The molecule has 2 rings (SSSR count). The van der Waals surface area contributed by atoms with Gasteiger partial charge in [0.1, 0.15) is 5.82 Å². The van der Waals surface area contributed by atoms with E-state index < -0.39 is 30.7 Å². The summed E-state index contributed by atoms with van der Waals surface area (Å²) in [6, 6.07) is 4.06. The highest BCUT2D eigenvalue weighted by molar-refractivity contribution is 5.95. The lowest BCUT2D eigenvalue weighted by Crippen LogP contribution is -2.58. The fraction of sp³-hybridized carbons (Fsp3) is 0.364. The second kappa shape index (κ2) is 3.50. The minimum atomic E-state index is -2.82. The highest BCUT2D eigenvalue weighted by Crippen LogP contribution is 2.28. The zero-order valence-electron chi connectivity index (χ0n) is 8.64. The van der Waals surface area contributed by atoms with Gasteiger partial charge >= 0.3 is 0 Å². The second-order valence-electron chi connectivity index (χ2n) is 4.00. The molecule has 1 fully saturated rings. The van der Waals surface area contributed by atoms with Gasteiger partial charge in [-0.15, -0.1) is 0 Å². The smallest absolute Gasteiger partial charge is 0.282 e. The Hall–Kier alpha value is -1.52. The molecule has 1 aromatic carbocycles. The van der Waals surface area contributed by atoms with E-state index in [4.69, 9.17) is 0 Å². The largest absolute Gasteiger partial charge is 0.326 e. The Bertz CT molecular complexity index is 437. The van der Waals surface area contributed by atoms with Crippen molar-refractivity contribution in [1.29, 1.82) is 0 Å². The maximum atomic E-state index is 13.3. The summed E-state index contributed by atoms with van der Waals surface area (Å²) in [5, 5.41) is 0. The van der Waals surface area contributed by atoms with Gasteiger partial charge in [-0.25, -0.2) is 13.2 Å². The predicted octanol–water partition coefficient (Wildman–Crippen LogP) is 2.23. The summed E-state index contributed by atoms with van der Waals surface area (Å²) in [6.45, 7) is 0.458. The first-order valence-corrected chi connectivity index (χ1v) is 4.82. The van der Waals surface area contributed by atoms with E-state index in [0.29, 0.717) is 0 Å². The summed E-state index contributed by atoms with van der Waals surface area (Å²) in [6.07, 6.45) is 0. The van der Waals surface area contributed by atoms with Crippen LogP contribution in [0, 0.1) is 12.7 Å². The first-order chi connectivity index (χ1) is 7.39. The molecule has 0 atom stereocenters. The topological polar surface area (TPSA) is 20.3 Å². The number of amides is 1. The van der Waals surface area contributed by atoms with Crippen LogP contribution >= 0.6 is 0 Å². The van der Waals surface area contributed by atoms with Crippen molar-refractivity contribution in [3.63, 3.8) is 0 Å². The number of rotatable bonds is 1. The van der Waals surface area contributed by atoms with Crippen LogP contribution in [0.3, 0.4) is 0 Å². The molecule has 1 saturated heterocycles. The fourth-order valence-electron chi connectivity index (χ4n) is 1.63. The molecule has 0 radical (unpaired) electrons. The van der Waals surface area contributed by atoms with E-state index in [1.807, 2.05) is 0 Å². The number of hydrogen-bond donors (Lipinski definition) is 0. The van der Waals surface area contributed by atoms with E-state index in [1.54, 1.807) is 6.92 Å². The number of likely N-dealkylation sites (tertiary alicyclic amines) is 1. The zero-order valence-corrected chi connectivity index (χ0v) is 8.64. The predicted molar refractivity (Wildman–Crippen MR) is 52.0 cm³/mol. The average molecular weight is 229 g/mol. The van der Waals surface area contributed by atoms with Crippen LogP contribution in [-0.2, 0) is 0 Å². The van der Waals surface area contributed by atoms with E-state index >= 15 is 0 Å². The summed E-state index contributed by atoms with van der Waals surface area (Å²) in [7, 11) is 0. The average Bonchev–Trinajstić information content (AvgIpc) is 2.17. The van der Waals surface area contributed by atoms with Crippen molar-refractivity contribution in [2.75, 3.05) is 13.1 Å². The van der Waals surface area contributed by atoms with Gasteiger partial charge in [0.05, 0.1) is 18.7 Å². The molecule has 1 aliphatic heterocycles. The number of nitrogens with zero attached hydrogens (tertiary/aromatic N) is 1. The molecule has 86 valence electrons. The number of benzene rings is 1. The molecule has 0 N–H and O–H groups in total. The van der Waals surface area contributed by atoms with Crippen molar-refractivity contribution >= 4 is 5.91 Å². The Morgan fingerprint density at radius 1 is 1.38 bits per heavy atom. The maximum absolute atomic E-state index is 13.3. The van der Waals surface area contributed by atoms with Crippen LogP contribution in [0.4, 0.5) is 13.2 Å². The molecule has 0 aromatic heterocycles. The molecule has 1 heterocycles. The lowest BCUT2D eigenvalue weighted by Gasteiger charge is -2.38. The molecular formula is C11H10F3NO. The van der Waals surface area contributed by atoms with Crippen molar-refractivity contribution in [2.45, 2.75) is 12.8 Å². The first kappa shape index (κ1) is 11.0. The van der Waals surface area contributed by atoms with Gasteiger partial charge in [-0.3, -0.25) is 4.79 Å². The highest BCUT2D eigenvalue weighted by atomic mass is 19.3. The number of hydrogen-bond acceptors (Lipinski definition) is 1. The lowest BCUT2D eigenvalue weighted by molar-refractivity contribution is -0.113. The van der Waals surface area contributed by atoms with Crippen LogP contribution < -0.4 is 0 Å². The van der Waals surface area contributed by atoms with E-state index in [1.165, 1.54) is 18.2 Å². The molecule has 1 aliphatic rings. The normalized spacial score (nSPS) is 18.1. The van der Waals surface area contributed by atoms with Crippen LogP contribution in [0.1, 0.15) is 15.9 Å². The number of carbonyl (C=O) groups is 1. The maximum Gasteiger partial charge on any atom is 0.282 e. The van der Waals surface area contributed by atoms with Crippen LogP contribution in [0.15, 0.2) is 18.2 Å². The monoisotopic (exact) mass is 229 g/mol. The minimum absolute atomic E-state index is 0.143. The quantitative estimate of drug-likeness (QED) is 0.723. The fourth-order valence-corrected chi connectivity index (χ4v) is 1.63. The molecule has 16 heavy (non-hydrogen) atoms. The molecule has 2 nitrogen and oxygen atoms in total. The zero-order chi connectivity index (χ0) is 11.9. The van der Waals surface area contributed by atoms with Gasteiger partial charge < -0.3 is 4.90 Å². The third kappa shape index (κ3) is 1.89. The van der Waals surface area contributed by atoms with Crippen LogP contribution in [-0.4, -0.2) is 29.8 Å². The molecule has 0 saturated carbocycles. The van der Waals surface area contributed by atoms with Crippen LogP contribution in [0.5, 0.6) is 0 Å². The number of carbonyl (C=O) groups excluding carboxylic acids is 1. The molecule has 5 heteroatoms. The van der Waals surface area contributed by atoms with E-state index in [0.717, 1.165) is 10.5 Å². The van der Waals surface area contributed by atoms with E-state index in [2.05, 4.69) is 0 Å². The third-order valence-corrected chi connectivity index (χ3v) is 2.48. The first-order valence-electron chi connectivity index (χ1n) is 4.82. The number of aryl methyl sites for hydroxylation is 1. The molecule has 1 aromatic rings. The van der Waals surface area contributed by atoms with Crippen LogP contribution in [0.25, 0.3) is 0 Å². The Morgan fingerprint density at radius 3 is 2.56 bits per heavy atom. The standard InChI is InChI=1S/C11H10F3NO/c1-7-2-3-9(12)8(4-7)10(16)15-5-11(13,14)6-15/h2-4H,5-6H2,1H3. The summed E-state index contributed by atoms with van der Waals surface area (Å²) in [5.74, 6) is -4.17. The minimum Gasteiger partial charge on any atom is -0.326 e. The highest BCUT2D eigenvalue weighted by Gasteiger charge is 2.46. The number of alkyl halides is 2. The van der Waals surface area contributed by atoms with E-state index in [-0.39, 0.29) is 5.56 Å². The van der Waals surface area contributed by atoms with Crippen LogP contribution in [0.2, 0.25) is 0 Å². The van der Waals surface area contributed by atoms with Gasteiger partial charge in [-0.05, 0) is 19.1 Å². The van der Waals surface area contributed by atoms with Gasteiger partial charge in [0.25, 0.3) is 11.8 Å². The molecule has 1 amide bonds. The Balaban J connectivity index is 2.19. The summed E-state index contributed by atoms with van der Waals surface area (Å²) >= 11 is 0. The van der Waals surface area contributed by atoms with Crippen molar-refractivity contribution in [2.24, 2.45) is 0 Å². The molecular weight excluding hydrogens is 219 g/mol. The van der Waals surface area contributed by atoms with Crippen molar-refractivity contribution < 1.29 is 18.0 Å². The van der Waals surface area contributed by atoms with E-state index in [9.17, 15) is 18.0 Å². The molecule has 0 unspecified atom stereocenters. The second-order valence-corrected chi connectivity index (χ2v) is 4.00. The van der Waals surface area contributed by atoms with Crippen molar-refractivity contribution in [3.05, 3.63) is 35.1 Å². The van der Waals surface area contributed by atoms with Gasteiger partial charge in [0.2, 0.25) is 0 Å². The molecule has 0 aliphatic carbocycles. The van der Waals surface area contributed by atoms with Gasteiger partial charge in [0, 0.05) is 0 Å². The van der Waals surface area contributed by atoms with Gasteiger partial charge in [-0.1, -0.05) is 11.6 Å². The SMILES string of the molecule is Cc1ccc(F)c(C(=O)N2CC(F)(F)C2)c1. The Morgan fingerprint density at radius 2 is 2.00 bits per heavy atom. The molecule has 0 spiro atoms. The van der Waals surface area contributed by atoms with Crippen molar-refractivity contribution in [3.8, 4) is 0 Å². The number of halogens is 3. The molecule has 0 bridgehead atoms. The summed E-state index contributed by atoms with van der Waals surface area (Å²) < 4.78 is 38.4. The Labute approximate surface area is 90.7 Å². The van der Waals surface area contributed by atoms with Crippen molar-refractivity contribution in [1.82, 2.24) is 4.90 Å². The van der Waals surface area contributed by atoms with Gasteiger partial charge in [0.15, 0.2) is 0 Å². The third-order valence-electron chi connectivity index (χ3n) is 2.48. The Kier molecular flexibility index (Phi) is 2.40.